The van der Waals surface area contributed by atoms with E-state index in [2.05, 4.69) is 20.2 Å². The largest absolute Gasteiger partial charge is 0.416 e. The molecule has 0 unspecified atom stereocenters. The van der Waals surface area contributed by atoms with Gasteiger partial charge in [0.15, 0.2) is 0 Å². The highest BCUT2D eigenvalue weighted by molar-refractivity contribution is 7.99. The Bertz CT molecular complexity index is 441. The lowest BCUT2D eigenvalue weighted by molar-refractivity contribution is 0.429. The summed E-state index contributed by atoms with van der Waals surface area (Å²) in [6, 6.07) is 0. The zero-order valence-corrected chi connectivity index (χ0v) is 8.86. The average molecular weight is 223 g/mol. The third-order valence-corrected chi connectivity index (χ3v) is 2.35. The van der Waals surface area contributed by atoms with Gasteiger partial charge in [-0.05, 0) is 11.8 Å². The Morgan fingerprint density at radius 2 is 2.20 bits per heavy atom. The maximum absolute atomic E-state index is 5.41. The summed E-state index contributed by atoms with van der Waals surface area (Å²) in [5, 5.41) is 8.71. The molecule has 6 nitrogen and oxygen atoms in total. The molecular weight excluding hydrogens is 214 g/mol. The van der Waals surface area contributed by atoms with E-state index in [9.17, 15) is 0 Å². The number of nitrogens with zero attached hydrogens (tertiary/aromatic N) is 4. The molecule has 0 saturated heterocycles. The van der Waals surface area contributed by atoms with Crippen molar-refractivity contribution >= 4 is 11.8 Å². The molecule has 0 amide bonds. The van der Waals surface area contributed by atoms with Crippen LogP contribution in [0.5, 0.6) is 0 Å². The van der Waals surface area contributed by atoms with Crippen molar-refractivity contribution in [2.24, 2.45) is 5.73 Å². The van der Waals surface area contributed by atoms with Crippen molar-refractivity contribution in [1.29, 1.82) is 0 Å². The Kier molecular flexibility index (Phi) is 2.93. The number of hydrogen-bond donors (Lipinski definition) is 1. The molecule has 78 valence electrons. The molecule has 2 aromatic heterocycles. The highest BCUT2D eigenvalue weighted by atomic mass is 32.2. The summed E-state index contributed by atoms with van der Waals surface area (Å²) in [5.74, 6) is 0.532. The lowest BCUT2D eigenvalue weighted by Gasteiger charge is -1.96. The smallest absolute Gasteiger partial charge is 0.282 e. The Hall–Kier alpha value is -1.47. The summed E-state index contributed by atoms with van der Waals surface area (Å²) in [6.07, 6.45) is 3.26. The van der Waals surface area contributed by atoms with E-state index >= 15 is 0 Å². The predicted octanol–water partition coefficient (Wildman–Crippen LogP) is 0.778. The topological polar surface area (TPSA) is 90.7 Å². The molecule has 0 fully saturated rings. The van der Waals surface area contributed by atoms with E-state index < -0.39 is 0 Å². The number of rotatable bonds is 3. The van der Waals surface area contributed by atoms with Gasteiger partial charge in [0.05, 0.1) is 18.1 Å². The van der Waals surface area contributed by atoms with Gasteiger partial charge < -0.3 is 10.2 Å². The fourth-order valence-electron chi connectivity index (χ4n) is 0.910. The molecule has 2 N–H and O–H groups in total. The summed E-state index contributed by atoms with van der Waals surface area (Å²) in [5.41, 5.74) is 6.16. The lowest BCUT2D eigenvalue weighted by atomic mass is 10.5. The van der Waals surface area contributed by atoms with Gasteiger partial charge in [0, 0.05) is 13.5 Å². The SMILES string of the molecule is Cc1nnc(Sc2cnc(CN)cn2)o1. The average Bonchev–Trinajstić information content (AvgIpc) is 2.65. The number of aromatic nitrogens is 4. The zero-order valence-electron chi connectivity index (χ0n) is 8.04. The molecular formula is C8H9N5OS. The van der Waals surface area contributed by atoms with Crippen LogP contribution in [0.3, 0.4) is 0 Å². The molecule has 2 aromatic rings. The maximum Gasteiger partial charge on any atom is 0.282 e. The predicted molar refractivity (Wildman–Crippen MR) is 53.1 cm³/mol. The van der Waals surface area contributed by atoms with E-state index in [0.717, 1.165) is 5.69 Å². The molecule has 0 radical (unpaired) electrons. The second-order valence-electron chi connectivity index (χ2n) is 2.74. The van der Waals surface area contributed by atoms with Crippen LogP contribution in [0, 0.1) is 6.92 Å². The van der Waals surface area contributed by atoms with Gasteiger partial charge in [0.1, 0.15) is 5.03 Å². The Balaban J connectivity index is 2.11. The van der Waals surface area contributed by atoms with Crippen LogP contribution in [0.4, 0.5) is 0 Å². The molecule has 2 heterocycles. The first-order chi connectivity index (χ1) is 7.28. The number of hydrogen-bond acceptors (Lipinski definition) is 7. The highest BCUT2D eigenvalue weighted by Crippen LogP contribution is 2.23. The summed E-state index contributed by atoms with van der Waals surface area (Å²) in [6.45, 7) is 2.12. The normalized spacial score (nSPS) is 10.5. The molecule has 15 heavy (non-hydrogen) atoms. The van der Waals surface area contributed by atoms with Gasteiger partial charge in [-0.2, -0.15) is 0 Å². The fraction of sp³-hybridized carbons (Fsp3) is 0.250. The van der Waals surface area contributed by atoms with Gasteiger partial charge in [0.25, 0.3) is 5.22 Å². The highest BCUT2D eigenvalue weighted by Gasteiger charge is 2.06. The van der Waals surface area contributed by atoms with Crippen molar-refractivity contribution in [1.82, 2.24) is 20.2 Å². The third kappa shape index (κ3) is 2.51. The first-order valence-electron chi connectivity index (χ1n) is 4.27. The monoisotopic (exact) mass is 223 g/mol. The van der Waals surface area contributed by atoms with Crippen molar-refractivity contribution in [2.75, 3.05) is 0 Å². The molecule has 0 spiro atoms. The van der Waals surface area contributed by atoms with Crippen LogP contribution in [-0.2, 0) is 6.54 Å². The van der Waals surface area contributed by atoms with Gasteiger partial charge in [-0.15, -0.1) is 10.2 Å². The summed E-state index contributed by atoms with van der Waals surface area (Å²) >= 11 is 1.27. The van der Waals surface area contributed by atoms with Gasteiger partial charge >= 0.3 is 0 Å². The van der Waals surface area contributed by atoms with Crippen LogP contribution in [0.2, 0.25) is 0 Å². The van der Waals surface area contributed by atoms with E-state index in [1.54, 1.807) is 19.3 Å². The molecule has 0 aliphatic heterocycles. The second kappa shape index (κ2) is 4.37. The second-order valence-corrected chi connectivity index (χ2v) is 3.71. The molecule has 0 atom stereocenters. The molecule has 0 bridgehead atoms. The standard InChI is InChI=1S/C8H9N5OS/c1-5-12-13-8(14-5)15-7-4-10-6(2-9)3-11-7/h3-4H,2,9H2,1H3. The first kappa shape index (κ1) is 10.1. The van der Waals surface area contributed by atoms with E-state index in [1.165, 1.54) is 11.8 Å². The fourth-order valence-corrected chi connectivity index (χ4v) is 1.54. The molecule has 0 saturated carbocycles. The Labute approximate surface area is 90.3 Å². The van der Waals surface area contributed by atoms with Gasteiger partial charge in [-0.3, -0.25) is 4.98 Å². The van der Waals surface area contributed by atoms with E-state index in [4.69, 9.17) is 10.2 Å². The first-order valence-corrected chi connectivity index (χ1v) is 5.08. The lowest BCUT2D eigenvalue weighted by Crippen LogP contribution is -1.99. The van der Waals surface area contributed by atoms with Gasteiger partial charge in [-0.25, -0.2) is 4.98 Å². The van der Waals surface area contributed by atoms with Gasteiger partial charge in [0.2, 0.25) is 5.89 Å². The van der Waals surface area contributed by atoms with Gasteiger partial charge in [-0.1, -0.05) is 0 Å². The van der Waals surface area contributed by atoms with E-state index in [-0.39, 0.29) is 0 Å². The van der Waals surface area contributed by atoms with E-state index in [1.807, 2.05) is 0 Å². The Morgan fingerprint density at radius 1 is 1.33 bits per heavy atom. The zero-order chi connectivity index (χ0) is 10.7. The maximum atomic E-state index is 5.41. The minimum absolute atomic E-state index is 0.387. The van der Waals surface area contributed by atoms with Crippen molar-refractivity contribution in [2.45, 2.75) is 23.7 Å². The molecule has 0 aliphatic carbocycles. The van der Waals surface area contributed by atoms with Crippen molar-refractivity contribution in [3.05, 3.63) is 24.0 Å². The van der Waals surface area contributed by atoms with Crippen LogP contribution in [0.1, 0.15) is 11.6 Å². The summed E-state index contributed by atoms with van der Waals surface area (Å²) < 4.78 is 5.19. The van der Waals surface area contributed by atoms with Crippen LogP contribution in [0.15, 0.2) is 27.1 Å². The Morgan fingerprint density at radius 3 is 2.73 bits per heavy atom. The van der Waals surface area contributed by atoms with Crippen molar-refractivity contribution < 1.29 is 4.42 Å². The summed E-state index contributed by atoms with van der Waals surface area (Å²) in [7, 11) is 0. The molecule has 0 aliphatic rings. The quantitative estimate of drug-likeness (QED) is 0.821. The van der Waals surface area contributed by atoms with Crippen molar-refractivity contribution in [3.63, 3.8) is 0 Å². The van der Waals surface area contributed by atoms with Crippen LogP contribution in [0.25, 0.3) is 0 Å². The van der Waals surface area contributed by atoms with Crippen LogP contribution >= 0.6 is 11.8 Å². The van der Waals surface area contributed by atoms with E-state index in [0.29, 0.717) is 22.7 Å². The van der Waals surface area contributed by atoms with Crippen LogP contribution in [-0.4, -0.2) is 20.2 Å². The van der Waals surface area contributed by atoms with Crippen LogP contribution < -0.4 is 5.73 Å². The third-order valence-electron chi connectivity index (χ3n) is 1.59. The summed E-state index contributed by atoms with van der Waals surface area (Å²) in [4.78, 5) is 8.25. The number of aryl methyl sites for hydroxylation is 1. The molecule has 2 rings (SSSR count). The minimum atomic E-state index is 0.387. The molecule has 0 aromatic carbocycles. The number of nitrogens with two attached hydrogens (primary N) is 1. The minimum Gasteiger partial charge on any atom is -0.416 e. The van der Waals surface area contributed by atoms with Crippen molar-refractivity contribution in [3.8, 4) is 0 Å². The molecule has 7 heteroatoms.